The molecular weight excluding hydrogens is 496 g/mol. The lowest BCUT2D eigenvalue weighted by molar-refractivity contribution is -0.127. The number of carbonyl (C=O) groups is 1. The topological polar surface area (TPSA) is 135 Å². The number of hydrogen-bond acceptors (Lipinski definition) is 8. The molecule has 0 spiro atoms. The standard InChI is InChI=1S/C30H40N4O5/c1-4-8-20-12-21(17-34-9-6-7-10-34)14-24(13-20)30-32-29(33-39-30)23-11-19(3)27(22(5-2)15-23)38-18-25(35)16-26(36)28(31)37/h11-15,25-26,35-36H,4-10,16-18H2,1-3H3,(H2,31,37)/t25-,26?/m0/s1. The third-order valence-corrected chi connectivity index (χ3v) is 7.10. The molecule has 9 heteroatoms. The predicted molar refractivity (Wildman–Crippen MR) is 149 cm³/mol. The van der Waals surface area contributed by atoms with Crippen LogP contribution in [-0.2, 0) is 24.2 Å². The average Bonchev–Trinajstić information content (AvgIpc) is 3.60. The molecule has 39 heavy (non-hydrogen) atoms. The number of aromatic nitrogens is 2. The molecule has 3 aromatic rings. The monoisotopic (exact) mass is 536 g/mol. The van der Waals surface area contributed by atoms with Gasteiger partial charge in [-0.25, -0.2) is 0 Å². The number of likely N-dealkylation sites (tertiary alicyclic amines) is 1. The molecule has 1 aliphatic rings. The Morgan fingerprint density at radius 3 is 2.54 bits per heavy atom. The van der Waals surface area contributed by atoms with E-state index in [0.717, 1.165) is 54.7 Å². The summed E-state index contributed by atoms with van der Waals surface area (Å²) in [5.74, 6) is 0.776. The van der Waals surface area contributed by atoms with Crippen LogP contribution in [0, 0.1) is 6.92 Å². The molecular formula is C30H40N4O5. The minimum absolute atomic E-state index is 0.0717. The van der Waals surface area contributed by atoms with Gasteiger partial charge in [-0.1, -0.05) is 31.5 Å². The van der Waals surface area contributed by atoms with Crippen molar-refractivity contribution >= 4 is 5.91 Å². The first-order chi connectivity index (χ1) is 18.8. The summed E-state index contributed by atoms with van der Waals surface area (Å²) in [6.45, 7) is 9.27. The normalized spacial score (nSPS) is 15.4. The Bertz CT molecular complexity index is 1270. The summed E-state index contributed by atoms with van der Waals surface area (Å²) in [6.07, 6.45) is 2.65. The molecule has 2 heterocycles. The fourth-order valence-corrected chi connectivity index (χ4v) is 5.13. The SMILES string of the molecule is CCCc1cc(CN2CCCC2)cc(-c2nc(-c3cc(C)c(OC[C@@H](O)CC(O)C(N)=O)c(CC)c3)no2)c1. The maximum Gasteiger partial charge on any atom is 0.258 e. The van der Waals surface area contributed by atoms with Crippen LogP contribution >= 0.6 is 0 Å². The van der Waals surface area contributed by atoms with Gasteiger partial charge in [0.25, 0.3) is 5.89 Å². The second-order valence-corrected chi connectivity index (χ2v) is 10.4. The minimum Gasteiger partial charge on any atom is -0.490 e. The van der Waals surface area contributed by atoms with E-state index >= 15 is 0 Å². The van der Waals surface area contributed by atoms with Crippen LogP contribution in [0.15, 0.2) is 34.9 Å². The molecule has 1 aromatic heterocycles. The zero-order valence-electron chi connectivity index (χ0n) is 23.2. The maximum atomic E-state index is 11.1. The van der Waals surface area contributed by atoms with Gasteiger partial charge in [0.05, 0.1) is 6.10 Å². The second kappa shape index (κ2) is 13.2. The number of ether oxygens (including phenoxy) is 1. The van der Waals surface area contributed by atoms with Crippen molar-refractivity contribution in [3.63, 3.8) is 0 Å². The maximum absolute atomic E-state index is 11.1. The molecule has 9 nitrogen and oxygen atoms in total. The Morgan fingerprint density at radius 2 is 1.85 bits per heavy atom. The molecule has 1 unspecified atom stereocenters. The van der Waals surface area contributed by atoms with Crippen molar-refractivity contribution in [2.24, 2.45) is 5.73 Å². The Kier molecular flexibility index (Phi) is 9.72. The smallest absolute Gasteiger partial charge is 0.258 e. The van der Waals surface area contributed by atoms with E-state index in [1.807, 2.05) is 26.0 Å². The number of aryl methyl sites for hydroxylation is 3. The highest BCUT2D eigenvalue weighted by molar-refractivity contribution is 5.78. The van der Waals surface area contributed by atoms with Crippen molar-refractivity contribution in [3.05, 3.63) is 52.6 Å². The molecule has 1 saturated heterocycles. The number of aliphatic hydroxyl groups excluding tert-OH is 2. The van der Waals surface area contributed by atoms with Gasteiger partial charge in [-0.2, -0.15) is 4.98 Å². The Morgan fingerprint density at radius 1 is 1.10 bits per heavy atom. The summed E-state index contributed by atoms with van der Waals surface area (Å²) in [4.78, 5) is 18.3. The number of carbonyl (C=O) groups excluding carboxylic acids is 1. The number of rotatable bonds is 13. The second-order valence-electron chi connectivity index (χ2n) is 10.4. The van der Waals surface area contributed by atoms with Crippen molar-refractivity contribution in [1.82, 2.24) is 15.0 Å². The van der Waals surface area contributed by atoms with Crippen molar-refractivity contribution in [1.29, 1.82) is 0 Å². The summed E-state index contributed by atoms with van der Waals surface area (Å²) in [5.41, 5.74) is 11.2. The van der Waals surface area contributed by atoms with Crippen molar-refractivity contribution < 1.29 is 24.3 Å². The summed E-state index contributed by atoms with van der Waals surface area (Å²) in [5, 5.41) is 24.0. The summed E-state index contributed by atoms with van der Waals surface area (Å²) in [6, 6.07) is 10.5. The molecule has 1 fully saturated rings. The molecule has 1 aliphatic heterocycles. The molecule has 4 rings (SSSR count). The first kappa shape index (κ1) is 28.7. The number of hydrogen-bond donors (Lipinski definition) is 3. The lowest BCUT2D eigenvalue weighted by Gasteiger charge is -2.18. The Hall–Kier alpha value is -3.27. The fourth-order valence-electron chi connectivity index (χ4n) is 5.13. The van der Waals surface area contributed by atoms with Crippen LogP contribution < -0.4 is 10.5 Å². The number of benzene rings is 2. The molecule has 2 atom stereocenters. The van der Waals surface area contributed by atoms with Gasteiger partial charge in [0.1, 0.15) is 18.5 Å². The van der Waals surface area contributed by atoms with E-state index in [-0.39, 0.29) is 13.0 Å². The van der Waals surface area contributed by atoms with Crippen LogP contribution in [0.25, 0.3) is 22.8 Å². The number of primary amides is 1. The largest absolute Gasteiger partial charge is 0.490 e. The van der Waals surface area contributed by atoms with Crippen LogP contribution in [0.3, 0.4) is 0 Å². The van der Waals surface area contributed by atoms with Crippen LogP contribution in [0.2, 0.25) is 0 Å². The van der Waals surface area contributed by atoms with Gasteiger partial charge < -0.3 is 25.2 Å². The van der Waals surface area contributed by atoms with Crippen LogP contribution in [0.4, 0.5) is 0 Å². The number of nitrogens with zero attached hydrogens (tertiary/aromatic N) is 3. The Balaban J connectivity index is 1.54. The Labute approximate surface area is 230 Å². The van der Waals surface area contributed by atoms with Crippen molar-refractivity contribution in [2.45, 2.75) is 78.0 Å². The molecule has 4 N–H and O–H groups in total. The van der Waals surface area contributed by atoms with Gasteiger partial charge in [0.15, 0.2) is 0 Å². The van der Waals surface area contributed by atoms with E-state index in [4.69, 9.17) is 20.0 Å². The fraction of sp³-hybridized carbons (Fsp3) is 0.500. The van der Waals surface area contributed by atoms with Gasteiger partial charge in [0, 0.05) is 24.1 Å². The predicted octanol–water partition coefficient (Wildman–Crippen LogP) is 3.80. The van der Waals surface area contributed by atoms with Gasteiger partial charge in [-0.15, -0.1) is 0 Å². The highest BCUT2D eigenvalue weighted by Gasteiger charge is 2.20. The first-order valence-corrected chi connectivity index (χ1v) is 13.9. The minimum atomic E-state index is -1.41. The average molecular weight is 537 g/mol. The van der Waals surface area contributed by atoms with E-state index in [9.17, 15) is 15.0 Å². The van der Waals surface area contributed by atoms with Crippen LogP contribution in [-0.4, -0.2) is 63.1 Å². The highest BCUT2D eigenvalue weighted by atomic mass is 16.5. The van der Waals surface area contributed by atoms with E-state index in [1.54, 1.807) is 0 Å². The van der Waals surface area contributed by atoms with Gasteiger partial charge in [-0.05, 0) is 92.2 Å². The highest BCUT2D eigenvalue weighted by Crippen LogP contribution is 2.32. The van der Waals surface area contributed by atoms with Crippen LogP contribution in [0.1, 0.15) is 61.8 Å². The molecule has 0 saturated carbocycles. The third kappa shape index (κ3) is 7.44. The first-order valence-electron chi connectivity index (χ1n) is 13.9. The molecule has 2 aromatic carbocycles. The van der Waals surface area contributed by atoms with Gasteiger partial charge in [0.2, 0.25) is 11.7 Å². The lowest BCUT2D eigenvalue weighted by Crippen LogP contribution is -2.33. The third-order valence-electron chi connectivity index (χ3n) is 7.10. The number of aliphatic hydroxyl groups is 2. The summed E-state index contributed by atoms with van der Waals surface area (Å²) < 4.78 is 11.6. The van der Waals surface area contributed by atoms with Gasteiger partial charge >= 0.3 is 0 Å². The molecule has 0 radical (unpaired) electrons. The quantitative estimate of drug-likeness (QED) is 0.300. The van der Waals surface area contributed by atoms with E-state index in [2.05, 4.69) is 35.2 Å². The van der Waals surface area contributed by atoms with Gasteiger partial charge in [-0.3, -0.25) is 9.69 Å². The van der Waals surface area contributed by atoms with E-state index in [0.29, 0.717) is 23.9 Å². The zero-order chi connectivity index (χ0) is 27.9. The summed E-state index contributed by atoms with van der Waals surface area (Å²) >= 11 is 0. The van der Waals surface area contributed by atoms with E-state index in [1.165, 1.54) is 24.0 Å². The number of amides is 1. The molecule has 0 bridgehead atoms. The zero-order valence-corrected chi connectivity index (χ0v) is 23.2. The lowest BCUT2D eigenvalue weighted by atomic mass is 10.0. The van der Waals surface area contributed by atoms with E-state index < -0.39 is 18.1 Å². The van der Waals surface area contributed by atoms with Crippen molar-refractivity contribution in [3.8, 4) is 28.6 Å². The molecule has 1 amide bonds. The molecule has 210 valence electrons. The number of nitrogens with two attached hydrogens (primary N) is 1. The van der Waals surface area contributed by atoms with Crippen molar-refractivity contribution in [2.75, 3.05) is 19.7 Å². The molecule has 0 aliphatic carbocycles. The van der Waals surface area contributed by atoms with Crippen LogP contribution in [0.5, 0.6) is 5.75 Å². The summed E-state index contributed by atoms with van der Waals surface area (Å²) in [7, 11) is 0.